The van der Waals surface area contributed by atoms with Gasteiger partial charge in [-0.15, -0.1) is 5.10 Å². The van der Waals surface area contributed by atoms with Gasteiger partial charge in [0.2, 0.25) is 0 Å². The van der Waals surface area contributed by atoms with E-state index >= 15 is 0 Å². The van der Waals surface area contributed by atoms with E-state index in [0.717, 1.165) is 12.8 Å². The molecular weight excluding hydrogens is 182 g/mol. The highest BCUT2D eigenvalue weighted by atomic mass is 16.3. The summed E-state index contributed by atoms with van der Waals surface area (Å²) in [4.78, 5) is 0. The molecule has 1 aromatic heterocycles. The summed E-state index contributed by atoms with van der Waals surface area (Å²) in [5.41, 5.74) is -0.399. The molecule has 5 nitrogen and oxygen atoms in total. The molecule has 0 spiro atoms. The van der Waals surface area contributed by atoms with E-state index in [9.17, 15) is 10.2 Å². The molecule has 14 heavy (non-hydrogen) atoms. The van der Waals surface area contributed by atoms with Gasteiger partial charge in [0, 0.05) is 7.05 Å². The number of nitrogens with zero attached hydrogens (tertiary/aromatic N) is 3. The molecule has 0 amide bonds. The summed E-state index contributed by atoms with van der Waals surface area (Å²) < 4.78 is 1.50. The van der Waals surface area contributed by atoms with Crippen LogP contribution in [0.2, 0.25) is 0 Å². The van der Waals surface area contributed by atoms with Crippen molar-refractivity contribution in [2.45, 2.75) is 37.4 Å². The number of rotatable bonds is 2. The number of aliphatic hydroxyl groups is 2. The van der Waals surface area contributed by atoms with Crippen LogP contribution in [-0.4, -0.2) is 30.8 Å². The Morgan fingerprint density at radius 1 is 1.50 bits per heavy atom. The van der Waals surface area contributed by atoms with E-state index in [1.54, 1.807) is 7.05 Å². The molecule has 0 bridgehead atoms. The fraction of sp³-hybridized carbons (Fsp3) is 0.778. The third kappa shape index (κ3) is 1.42. The first-order chi connectivity index (χ1) is 6.63. The Bertz CT molecular complexity index is 318. The van der Waals surface area contributed by atoms with E-state index in [4.69, 9.17) is 0 Å². The van der Waals surface area contributed by atoms with Crippen LogP contribution in [-0.2, 0) is 7.05 Å². The van der Waals surface area contributed by atoms with E-state index in [1.165, 1.54) is 10.9 Å². The van der Waals surface area contributed by atoms with Crippen molar-refractivity contribution in [2.24, 2.45) is 7.05 Å². The SMILES string of the molecule is Cn1nncc1C(O)C1(O)CCCC1. The predicted molar refractivity (Wildman–Crippen MR) is 49.4 cm³/mol. The molecule has 1 unspecified atom stereocenters. The highest BCUT2D eigenvalue weighted by molar-refractivity contribution is 5.07. The van der Waals surface area contributed by atoms with Crippen molar-refractivity contribution in [2.75, 3.05) is 0 Å². The molecule has 1 atom stereocenters. The van der Waals surface area contributed by atoms with Gasteiger partial charge in [0.05, 0.1) is 17.5 Å². The molecule has 0 aromatic carbocycles. The molecule has 1 aliphatic rings. The van der Waals surface area contributed by atoms with E-state index in [-0.39, 0.29) is 0 Å². The second-order valence-corrected chi connectivity index (χ2v) is 4.00. The van der Waals surface area contributed by atoms with Crippen LogP contribution in [0.4, 0.5) is 0 Å². The third-order valence-electron chi connectivity index (χ3n) is 3.01. The summed E-state index contributed by atoms with van der Waals surface area (Å²) in [6.45, 7) is 0. The van der Waals surface area contributed by atoms with Gasteiger partial charge in [0.15, 0.2) is 0 Å². The predicted octanol–water partition coefficient (Wildman–Crippen LogP) is 0.154. The fourth-order valence-electron chi connectivity index (χ4n) is 2.08. The minimum absolute atomic E-state index is 0.578. The van der Waals surface area contributed by atoms with Crippen molar-refractivity contribution >= 4 is 0 Å². The quantitative estimate of drug-likeness (QED) is 0.708. The lowest BCUT2D eigenvalue weighted by molar-refractivity contribution is -0.0753. The van der Waals surface area contributed by atoms with Crippen molar-refractivity contribution in [1.82, 2.24) is 15.0 Å². The summed E-state index contributed by atoms with van der Waals surface area (Å²) in [5.74, 6) is 0. The molecule has 0 aliphatic heterocycles. The minimum Gasteiger partial charge on any atom is -0.387 e. The molecule has 5 heteroatoms. The number of hydrogen-bond acceptors (Lipinski definition) is 4. The van der Waals surface area contributed by atoms with E-state index in [0.29, 0.717) is 18.5 Å². The maximum atomic E-state index is 10.1. The standard InChI is InChI=1S/C9H15N3O2/c1-12-7(6-10-11-12)8(13)9(14)4-2-3-5-9/h6,8,13-14H,2-5H2,1H3. The molecular formula is C9H15N3O2. The summed E-state index contributed by atoms with van der Waals surface area (Å²) in [6, 6.07) is 0. The van der Waals surface area contributed by atoms with Gasteiger partial charge < -0.3 is 10.2 Å². The van der Waals surface area contributed by atoms with Gasteiger partial charge in [-0.3, -0.25) is 0 Å². The summed E-state index contributed by atoms with van der Waals surface area (Å²) in [6.07, 6.45) is 3.88. The average molecular weight is 197 g/mol. The number of aromatic nitrogens is 3. The number of aliphatic hydroxyl groups excluding tert-OH is 1. The van der Waals surface area contributed by atoms with Crippen LogP contribution >= 0.6 is 0 Å². The molecule has 1 fully saturated rings. The smallest absolute Gasteiger partial charge is 0.126 e. The van der Waals surface area contributed by atoms with E-state index in [1.807, 2.05) is 0 Å². The van der Waals surface area contributed by atoms with Crippen molar-refractivity contribution < 1.29 is 10.2 Å². The number of hydrogen-bond donors (Lipinski definition) is 2. The lowest BCUT2D eigenvalue weighted by Gasteiger charge is -2.27. The molecule has 2 rings (SSSR count). The first-order valence-electron chi connectivity index (χ1n) is 4.88. The van der Waals surface area contributed by atoms with Gasteiger partial charge in [0.1, 0.15) is 6.10 Å². The summed E-state index contributed by atoms with van der Waals surface area (Å²) in [7, 11) is 1.71. The van der Waals surface area contributed by atoms with Gasteiger partial charge in [-0.25, -0.2) is 4.68 Å². The van der Waals surface area contributed by atoms with Crippen LogP contribution in [0, 0.1) is 0 Å². The lowest BCUT2D eigenvalue weighted by atomic mass is 9.93. The molecule has 78 valence electrons. The molecule has 0 radical (unpaired) electrons. The van der Waals surface area contributed by atoms with Gasteiger partial charge in [0.25, 0.3) is 0 Å². The molecule has 2 N–H and O–H groups in total. The molecule has 1 aromatic rings. The topological polar surface area (TPSA) is 71.2 Å². The van der Waals surface area contributed by atoms with Crippen LogP contribution in [0.25, 0.3) is 0 Å². The van der Waals surface area contributed by atoms with Crippen LogP contribution in [0.3, 0.4) is 0 Å². The second kappa shape index (κ2) is 3.33. The Hall–Kier alpha value is -0.940. The first-order valence-corrected chi connectivity index (χ1v) is 4.88. The van der Waals surface area contributed by atoms with Crippen LogP contribution in [0.15, 0.2) is 6.20 Å². The van der Waals surface area contributed by atoms with Gasteiger partial charge in [-0.05, 0) is 12.8 Å². The van der Waals surface area contributed by atoms with Gasteiger partial charge in [-0.2, -0.15) is 0 Å². The largest absolute Gasteiger partial charge is 0.387 e. The monoisotopic (exact) mass is 197 g/mol. The molecule has 1 saturated carbocycles. The van der Waals surface area contributed by atoms with Crippen molar-refractivity contribution in [1.29, 1.82) is 0 Å². The normalized spacial score (nSPS) is 22.5. The number of aryl methyl sites for hydroxylation is 1. The fourth-order valence-corrected chi connectivity index (χ4v) is 2.08. The summed E-state index contributed by atoms with van der Waals surface area (Å²) in [5, 5.41) is 27.6. The van der Waals surface area contributed by atoms with Crippen LogP contribution in [0.5, 0.6) is 0 Å². The van der Waals surface area contributed by atoms with Crippen molar-refractivity contribution in [3.63, 3.8) is 0 Å². The Morgan fingerprint density at radius 3 is 2.64 bits per heavy atom. The first kappa shape index (κ1) is 9.61. The van der Waals surface area contributed by atoms with Crippen molar-refractivity contribution in [3.8, 4) is 0 Å². The average Bonchev–Trinajstić information content (AvgIpc) is 2.74. The highest BCUT2D eigenvalue weighted by Crippen LogP contribution is 2.39. The maximum Gasteiger partial charge on any atom is 0.126 e. The zero-order valence-corrected chi connectivity index (χ0v) is 8.22. The van der Waals surface area contributed by atoms with Gasteiger partial charge >= 0.3 is 0 Å². The Kier molecular flexibility index (Phi) is 2.28. The third-order valence-corrected chi connectivity index (χ3v) is 3.01. The van der Waals surface area contributed by atoms with E-state index in [2.05, 4.69) is 10.3 Å². The summed E-state index contributed by atoms with van der Waals surface area (Å²) >= 11 is 0. The van der Waals surface area contributed by atoms with Gasteiger partial charge in [-0.1, -0.05) is 18.1 Å². The zero-order chi connectivity index (χ0) is 10.2. The van der Waals surface area contributed by atoms with Crippen LogP contribution in [0.1, 0.15) is 37.5 Å². The van der Waals surface area contributed by atoms with Crippen molar-refractivity contribution in [3.05, 3.63) is 11.9 Å². The molecule has 1 heterocycles. The Labute approximate surface area is 82.4 Å². The lowest BCUT2D eigenvalue weighted by Crippen LogP contribution is -2.34. The molecule has 0 saturated heterocycles. The van der Waals surface area contributed by atoms with Crippen LogP contribution < -0.4 is 0 Å². The second-order valence-electron chi connectivity index (χ2n) is 4.00. The maximum absolute atomic E-state index is 10.1. The Morgan fingerprint density at radius 2 is 2.14 bits per heavy atom. The minimum atomic E-state index is -0.977. The highest BCUT2D eigenvalue weighted by Gasteiger charge is 2.40. The Balaban J connectivity index is 2.23. The molecule has 1 aliphatic carbocycles. The van der Waals surface area contributed by atoms with E-state index < -0.39 is 11.7 Å². The zero-order valence-electron chi connectivity index (χ0n) is 8.22.